The summed E-state index contributed by atoms with van der Waals surface area (Å²) in [5.41, 5.74) is 0. The van der Waals surface area contributed by atoms with Crippen LogP contribution in [0.25, 0.3) is 0 Å². The number of aliphatic hydroxyl groups excluding tert-OH is 1. The Hall–Kier alpha value is -1.30. The van der Waals surface area contributed by atoms with Crippen LogP contribution >= 0.6 is 0 Å². The minimum atomic E-state index is -0.835. The largest absolute Gasteiger partial charge is 0.481 e. The van der Waals surface area contributed by atoms with Crippen molar-refractivity contribution in [3.05, 3.63) is 0 Å². The quantitative estimate of drug-likeness (QED) is 0.600. The van der Waals surface area contributed by atoms with E-state index in [-0.39, 0.29) is 25.1 Å². The minimum absolute atomic E-state index is 0.0520. The van der Waals surface area contributed by atoms with Crippen molar-refractivity contribution in [3.8, 4) is 0 Å². The lowest BCUT2D eigenvalue weighted by Crippen LogP contribution is -2.45. The van der Waals surface area contributed by atoms with Gasteiger partial charge in [-0.05, 0) is 39.5 Å². The zero-order valence-corrected chi connectivity index (χ0v) is 12.8. The highest BCUT2D eigenvalue weighted by Gasteiger charge is 2.20. The van der Waals surface area contributed by atoms with Gasteiger partial charge in [-0.3, -0.25) is 4.79 Å². The van der Waals surface area contributed by atoms with Crippen molar-refractivity contribution in [2.75, 3.05) is 26.7 Å². The van der Waals surface area contributed by atoms with Gasteiger partial charge in [0.1, 0.15) is 0 Å². The Morgan fingerprint density at radius 3 is 2.20 bits per heavy atom. The number of rotatable bonds is 10. The maximum atomic E-state index is 12.3. The van der Waals surface area contributed by atoms with Gasteiger partial charge in [0.2, 0.25) is 0 Å². The zero-order chi connectivity index (χ0) is 15.5. The van der Waals surface area contributed by atoms with Crippen LogP contribution in [0.5, 0.6) is 0 Å². The fourth-order valence-corrected chi connectivity index (χ4v) is 1.93. The van der Waals surface area contributed by atoms with Gasteiger partial charge in [-0.25, -0.2) is 4.79 Å². The number of carbonyl (C=O) groups excluding carboxylic acids is 1. The number of amides is 2. The molecule has 0 unspecified atom stereocenters. The maximum Gasteiger partial charge on any atom is 0.319 e. The molecule has 0 aromatic rings. The normalized spacial score (nSPS) is 10.7. The van der Waals surface area contributed by atoms with Crippen molar-refractivity contribution < 1.29 is 19.8 Å². The second-order valence-electron chi connectivity index (χ2n) is 5.27. The fraction of sp³-hybridized carbons (Fsp3) is 0.857. The number of carbonyl (C=O) groups is 2. The molecule has 20 heavy (non-hydrogen) atoms. The molecule has 6 heteroatoms. The van der Waals surface area contributed by atoms with E-state index in [4.69, 9.17) is 10.2 Å². The molecule has 0 saturated heterocycles. The summed E-state index contributed by atoms with van der Waals surface area (Å²) in [4.78, 5) is 26.2. The number of urea groups is 1. The molecule has 0 fully saturated rings. The number of nitrogens with zero attached hydrogens (tertiary/aromatic N) is 2. The van der Waals surface area contributed by atoms with E-state index in [2.05, 4.69) is 0 Å². The number of aliphatic hydroxyl groups is 1. The van der Waals surface area contributed by atoms with Gasteiger partial charge < -0.3 is 20.0 Å². The lowest BCUT2D eigenvalue weighted by atomic mass is 10.2. The van der Waals surface area contributed by atoms with Gasteiger partial charge in [0.25, 0.3) is 0 Å². The van der Waals surface area contributed by atoms with Crippen molar-refractivity contribution in [1.82, 2.24) is 9.80 Å². The second kappa shape index (κ2) is 10.5. The van der Waals surface area contributed by atoms with E-state index in [0.29, 0.717) is 19.5 Å². The van der Waals surface area contributed by atoms with Crippen LogP contribution in [0.15, 0.2) is 0 Å². The highest BCUT2D eigenvalue weighted by molar-refractivity contribution is 5.74. The average Bonchev–Trinajstić information content (AvgIpc) is 2.38. The van der Waals surface area contributed by atoms with Crippen LogP contribution in [0.2, 0.25) is 0 Å². The van der Waals surface area contributed by atoms with E-state index in [1.54, 1.807) is 16.8 Å². The predicted molar refractivity (Wildman–Crippen MR) is 77.7 cm³/mol. The van der Waals surface area contributed by atoms with Crippen molar-refractivity contribution >= 4 is 12.0 Å². The fourth-order valence-electron chi connectivity index (χ4n) is 1.93. The monoisotopic (exact) mass is 288 g/mol. The summed E-state index contributed by atoms with van der Waals surface area (Å²) in [5, 5.41) is 17.4. The maximum absolute atomic E-state index is 12.3. The number of hydrogen-bond donors (Lipinski definition) is 2. The summed E-state index contributed by atoms with van der Waals surface area (Å²) in [6.45, 7) is 5.16. The molecule has 0 saturated carbocycles. The molecule has 0 rings (SSSR count). The topological polar surface area (TPSA) is 81.1 Å². The molecule has 0 radical (unpaired) electrons. The van der Waals surface area contributed by atoms with Crippen molar-refractivity contribution in [2.24, 2.45) is 0 Å². The first-order valence-corrected chi connectivity index (χ1v) is 7.24. The van der Waals surface area contributed by atoms with Gasteiger partial charge in [0.05, 0.1) is 0 Å². The van der Waals surface area contributed by atoms with Crippen LogP contribution in [-0.2, 0) is 4.79 Å². The highest BCUT2D eigenvalue weighted by atomic mass is 16.4. The van der Waals surface area contributed by atoms with Crippen molar-refractivity contribution in [1.29, 1.82) is 0 Å². The van der Waals surface area contributed by atoms with Gasteiger partial charge >= 0.3 is 12.0 Å². The van der Waals surface area contributed by atoms with E-state index in [0.717, 1.165) is 19.3 Å². The molecule has 0 heterocycles. The second-order valence-corrected chi connectivity index (χ2v) is 5.27. The summed E-state index contributed by atoms with van der Waals surface area (Å²) in [5.74, 6) is -0.835. The molecular formula is C14H28N2O4. The lowest BCUT2D eigenvalue weighted by molar-refractivity contribution is -0.137. The smallest absolute Gasteiger partial charge is 0.319 e. The molecular weight excluding hydrogens is 260 g/mol. The standard InChI is InChI=1S/C14H28N2O4/c1-12(2)16(10-7-8-13(18)19)14(20)15(3)9-5-4-6-11-17/h12,17H,4-11H2,1-3H3,(H,18,19). The van der Waals surface area contributed by atoms with Crippen LogP contribution in [0.1, 0.15) is 46.0 Å². The van der Waals surface area contributed by atoms with E-state index in [1.807, 2.05) is 13.8 Å². The molecule has 0 spiro atoms. The molecule has 0 bridgehead atoms. The van der Waals surface area contributed by atoms with Crippen molar-refractivity contribution in [3.63, 3.8) is 0 Å². The molecule has 0 aliphatic rings. The van der Waals surface area contributed by atoms with Crippen molar-refractivity contribution in [2.45, 2.75) is 52.0 Å². The van der Waals surface area contributed by atoms with Gasteiger partial charge in [-0.1, -0.05) is 0 Å². The summed E-state index contributed by atoms with van der Waals surface area (Å²) < 4.78 is 0. The van der Waals surface area contributed by atoms with Gasteiger partial charge in [-0.15, -0.1) is 0 Å². The average molecular weight is 288 g/mol. The van der Waals surface area contributed by atoms with E-state index >= 15 is 0 Å². The number of hydrogen-bond acceptors (Lipinski definition) is 3. The number of aliphatic carboxylic acids is 1. The highest BCUT2D eigenvalue weighted by Crippen LogP contribution is 2.07. The third kappa shape index (κ3) is 7.99. The SMILES string of the molecule is CC(C)N(CCCC(=O)O)C(=O)N(C)CCCCCO. The zero-order valence-electron chi connectivity index (χ0n) is 12.8. The minimum Gasteiger partial charge on any atom is -0.481 e. The van der Waals surface area contributed by atoms with Crippen LogP contribution in [0.4, 0.5) is 4.79 Å². The molecule has 118 valence electrons. The van der Waals surface area contributed by atoms with E-state index < -0.39 is 5.97 Å². The Bertz CT molecular complexity index is 295. The molecule has 2 amide bonds. The van der Waals surface area contributed by atoms with Gasteiger partial charge in [0.15, 0.2) is 0 Å². The number of unbranched alkanes of at least 4 members (excludes halogenated alkanes) is 2. The van der Waals surface area contributed by atoms with Crippen LogP contribution in [0, 0.1) is 0 Å². The Morgan fingerprint density at radius 1 is 1.05 bits per heavy atom. The molecule has 2 N–H and O–H groups in total. The molecule has 0 aliphatic carbocycles. The third-order valence-electron chi connectivity index (χ3n) is 3.14. The summed E-state index contributed by atoms with van der Waals surface area (Å²) >= 11 is 0. The number of carboxylic acids is 1. The first-order valence-electron chi connectivity index (χ1n) is 7.24. The lowest BCUT2D eigenvalue weighted by Gasteiger charge is -2.31. The van der Waals surface area contributed by atoms with Crippen LogP contribution in [0.3, 0.4) is 0 Å². The summed E-state index contributed by atoms with van der Waals surface area (Å²) in [6.07, 6.45) is 3.07. The predicted octanol–water partition coefficient (Wildman–Crippen LogP) is 1.78. The molecule has 0 aliphatic heterocycles. The van der Waals surface area contributed by atoms with Gasteiger partial charge in [-0.2, -0.15) is 0 Å². The molecule has 0 aromatic heterocycles. The Balaban J connectivity index is 4.22. The van der Waals surface area contributed by atoms with Gasteiger partial charge in [0, 0.05) is 39.2 Å². The van der Waals surface area contributed by atoms with E-state index in [9.17, 15) is 9.59 Å². The van der Waals surface area contributed by atoms with E-state index in [1.165, 1.54) is 0 Å². The first kappa shape index (κ1) is 18.7. The molecule has 0 atom stereocenters. The Labute approximate surface area is 121 Å². The third-order valence-corrected chi connectivity index (χ3v) is 3.14. The Kier molecular flexibility index (Phi) is 9.80. The van der Waals surface area contributed by atoms with Crippen LogP contribution < -0.4 is 0 Å². The molecule has 0 aromatic carbocycles. The van der Waals surface area contributed by atoms with Crippen LogP contribution in [-0.4, -0.2) is 64.8 Å². The molecule has 6 nitrogen and oxygen atoms in total. The Morgan fingerprint density at radius 2 is 1.70 bits per heavy atom. The summed E-state index contributed by atoms with van der Waals surface area (Å²) in [7, 11) is 1.76. The number of carboxylic acid groups (broad SMARTS) is 1. The first-order chi connectivity index (χ1) is 9.40. The summed E-state index contributed by atoms with van der Waals surface area (Å²) in [6, 6.07) is -0.00873.